The molecule has 1 aliphatic rings. The van der Waals surface area contributed by atoms with E-state index in [2.05, 4.69) is 31.0 Å². The third-order valence-electron chi connectivity index (χ3n) is 5.54. The van der Waals surface area contributed by atoms with Gasteiger partial charge in [0.05, 0.1) is 10.6 Å². The second-order valence-electron chi connectivity index (χ2n) is 8.27. The summed E-state index contributed by atoms with van der Waals surface area (Å²) in [6.07, 6.45) is 1.62. The number of hydrogen-bond donors (Lipinski definition) is 5. The zero-order valence-corrected chi connectivity index (χ0v) is 21.8. The van der Waals surface area contributed by atoms with Crippen LogP contribution in [0.15, 0.2) is 81.5 Å². The van der Waals surface area contributed by atoms with Crippen LogP contribution in [0.25, 0.3) is 11.1 Å². The maximum atomic E-state index is 13.4. The number of aliphatic imine (C=N–C) groups is 1. The minimum Gasteiger partial charge on any atom is -0.423 e. The molecule has 13 heteroatoms. The molecule has 1 unspecified atom stereocenters. The highest BCUT2D eigenvalue weighted by Gasteiger charge is 2.33. The first-order chi connectivity index (χ1) is 18.3. The predicted octanol–water partition coefficient (Wildman–Crippen LogP) is 4.41. The SMILES string of the molecule is CC1=C(C(=O)NC(=N)SC(=N)c2ccccc2)C(c2nn(C)cc2Cl)N=C(Nc2nc3ccccc3o2)N1. The second-order valence-corrected chi connectivity index (χ2v) is 9.70. The highest BCUT2D eigenvalue weighted by atomic mass is 35.5. The van der Waals surface area contributed by atoms with Gasteiger partial charge in [-0.05, 0) is 30.8 Å². The van der Waals surface area contributed by atoms with Crippen LogP contribution in [0.2, 0.25) is 5.02 Å². The molecule has 4 aromatic rings. The average Bonchev–Trinajstić information content (AvgIpc) is 3.45. The lowest BCUT2D eigenvalue weighted by Gasteiger charge is -2.25. The summed E-state index contributed by atoms with van der Waals surface area (Å²) in [6, 6.07) is 15.7. The van der Waals surface area contributed by atoms with Crippen LogP contribution in [0.4, 0.5) is 6.01 Å². The van der Waals surface area contributed by atoms with E-state index < -0.39 is 11.9 Å². The van der Waals surface area contributed by atoms with Gasteiger partial charge in [-0.15, -0.1) is 0 Å². The molecule has 192 valence electrons. The predicted molar refractivity (Wildman–Crippen MR) is 149 cm³/mol. The highest BCUT2D eigenvalue weighted by Crippen LogP contribution is 2.34. The first-order valence-electron chi connectivity index (χ1n) is 11.4. The Morgan fingerprint density at radius 1 is 1.16 bits per heavy atom. The van der Waals surface area contributed by atoms with Crippen LogP contribution in [-0.2, 0) is 11.8 Å². The fraction of sp³-hybridized carbons (Fsp3) is 0.120. The normalized spacial score (nSPS) is 15.1. The second kappa shape index (κ2) is 10.5. The number of guanidine groups is 1. The van der Waals surface area contributed by atoms with E-state index in [0.29, 0.717) is 33.1 Å². The lowest BCUT2D eigenvalue weighted by molar-refractivity contribution is -0.116. The van der Waals surface area contributed by atoms with Crippen molar-refractivity contribution >= 4 is 62.6 Å². The standard InChI is InChI=1S/C25H22ClN9O2S/c1-13-18(22(36)32-23(28)38-21(27)14-8-4-3-5-9-14)20(19-15(26)12-35(2)34-19)31-24(29-13)33-25-30-16-10-6-7-11-17(16)37-25/h3-12,20,27H,1-2H3,(H2,28,32,36)(H2,29,30,31,33). The Bertz CT molecular complexity index is 1590. The number of thioether (sulfide) groups is 1. The van der Waals surface area contributed by atoms with Crippen molar-refractivity contribution in [3.63, 3.8) is 0 Å². The Morgan fingerprint density at radius 3 is 2.61 bits per heavy atom. The Balaban J connectivity index is 1.39. The molecule has 0 radical (unpaired) electrons. The highest BCUT2D eigenvalue weighted by molar-refractivity contribution is 8.26. The van der Waals surface area contributed by atoms with Crippen molar-refractivity contribution in [2.24, 2.45) is 12.0 Å². The minimum atomic E-state index is -0.886. The molecule has 0 spiro atoms. The molecule has 0 saturated carbocycles. The number of fused-ring (bicyclic) bond motifs is 1. The Labute approximate surface area is 226 Å². The zero-order chi connectivity index (χ0) is 26.8. The number of benzene rings is 2. The third kappa shape index (κ3) is 5.31. The summed E-state index contributed by atoms with van der Waals surface area (Å²) in [5.74, 6) is -0.280. The van der Waals surface area contributed by atoms with E-state index in [1.165, 1.54) is 4.68 Å². The fourth-order valence-electron chi connectivity index (χ4n) is 3.87. The summed E-state index contributed by atoms with van der Waals surface area (Å²) in [6.45, 7) is 1.71. The van der Waals surface area contributed by atoms with Gasteiger partial charge >= 0.3 is 6.01 Å². The van der Waals surface area contributed by atoms with Crippen LogP contribution in [0.5, 0.6) is 0 Å². The van der Waals surface area contributed by atoms with Crippen molar-refractivity contribution in [2.45, 2.75) is 13.0 Å². The number of nitrogens with zero attached hydrogens (tertiary/aromatic N) is 4. The number of carbonyl (C=O) groups is 1. The number of amidine groups is 1. The molecule has 0 fully saturated rings. The molecule has 2 aromatic heterocycles. The number of amides is 1. The molecule has 1 atom stereocenters. The summed E-state index contributed by atoms with van der Waals surface area (Å²) >= 11 is 7.28. The summed E-state index contributed by atoms with van der Waals surface area (Å²) < 4.78 is 7.27. The number of nitrogens with one attached hydrogen (secondary N) is 5. The zero-order valence-electron chi connectivity index (χ0n) is 20.2. The summed E-state index contributed by atoms with van der Waals surface area (Å²) in [5.41, 5.74) is 3.00. The molecule has 0 saturated heterocycles. The summed E-state index contributed by atoms with van der Waals surface area (Å²) in [7, 11) is 1.72. The Morgan fingerprint density at radius 2 is 1.89 bits per heavy atom. The van der Waals surface area contributed by atoms with Crippen LogP contribution < -0.4 is 16.0 Å². The van der Waals surface area contributed by atoms with Gasteiger partial charge in [-0.2, -0.15) is 10.1 Å². The van der Waals surface area contributed by atoms with E-state index >= 15 is 0 Å². The van der Waals surface area contributed by atoms with Crippen LogP contribution in [0, 0.1) is 10.8 Å². The smallest absolute Gasteiger partial charge is 0.302 e. The van der Waals surface area contributed by atoms with Gasteiger partial charge in [0.2, 0.25) is 5.96 Å². The number of rotatable bonds is 4. The van der Waals surface area contributed by atoms with Gasteiger partial charge in [-0.1, -0.05) is 54.1 Å². The van der Waals surface area contributed by atoms with Crippen LogP contribution >= 0.6 is 23.4 Å². The number of oxazole rings is 1. The van der Waals surface area contributed by atoms with Crippen molar-refractivity contribution in [1.29, 1.82) is 10.8 Å². The molecule has 3 heterocycles. The van der Waals surface area contributed by atoms with E-state index in [1.807, 2.05) is 24.3 Å². The lowest BCUT2D eigenvalue weighted by Crippen LogP contribution is -2.40. The average molecular weight is 548 g/mol. The van der Waals surface area contributed by atoms with E-state index in [-0.39, 0.29) is 27.8 Å². The van der Waals surface area contributed by atoms with Gasteiger partial charge < -0.3 is 15.1 Å². The van der Waals surface area contributed by atoms with Crippen molar-refractivity contribution in [3.05, 3.63) is 88.3 Å². The third-order valence-corrected chi connectivity index (χ3v) is 6.58. The molecule has 38 heavy (non-hydrogen) atoms. The molecule has 2 aromatic carbocycles. The molecule has 0 bridgehead atoms. The molecule has 1 aliphatic heterocycles. The monoisotopic (exact) mass is 547 g/mol. The van der Waals surface area contributed by atoms with E-state index in [1.54, 1.807) is 50.5 Å². The molecule has 0 aliphatic carbocycles. The topological polar surface area (TPSA) is 157 Å². The quantitative estimate of drug-likeness (QED) is 0.187. The number of hydrogen-bond acceptors (Lipinski definition) is 10. The van der Waals surface area contributed by atoms with Crippen LogP contribution in [0.3, 0.4) is 0 Å². The van der Waals surface area contributed by atoms with Gasteiger partial charge in [0.15, 0.2) is 10.8 Å². The largest absolute Gasteiger partial charge is 0.423 e. The minimum absolute atomic E-state index is 0.135. The molecular formula is C25H22ClN9O2S. The molecule has 5 N–H and O–H groups in total. The summed E-state index contributed by atoms with van der Waals surface area (Å²) in [4.78, 5) is 22.5. The molecule has 11 nitrogen and oxygen atoms in total. The summed E-state index contributed by atoms with van der Waals surface area (Å²) in [5, 5.41) is 29.8. The number of aromatic nitrogens is 3. The van der Waals surface area contributed by atoms with Gasteiger partial charge in [-0.3, -0.25) is 25.6 Å². The van der Waals surface area contributed by atoms with E-state index in [9.17, 15) is 4.79 Å². The maximum Gasteiger partial charge on any atom is 0.302 e. The first-order valence-corrected chi connectivity index (χ1v) is 12.6. The number of anilines is 1. The lowest BCUT2D eigenvalue weighted by atomic mass is 10.00. The van der Waals surface area contributed by atoms with Gasteiger partial charge in [0.25, 0.3) is 5.91 Å². The van der Waals surface area contributed by atoms with Gasteiger partial charge in [-0.25, -0.2) is 4.99 Å². The Hall–Kier alpha value is -4.42. The number of carbonyl (C=O) groups excluding carboxylic acids is 1. The van der Waals surface area contributed by atoms with Gasteiger partial charge in [0, 0.05) is 24.5 Å². The van der Waals surface area contributed by atoms with Crippen molar-refractivity contribution < 1.29 is 9.21 Å². The van der Waals surface area contributed by atoms with Crippen molar-refractivity contribution in [2.75, 3.05) is 5.32 Å². The van der Waals surface area contributed by atoms with Crippen LogP contribution in [-0.4, -0.2) is 36.8 Å². The molecule has 5 rings (SSSR count). The van der Waals surface area contributed by atoms with Gasteiger partial charge in [0.1, 0.15) is 22.3 Å². The van der Waals surface area contributed by atoms with Crippen molar-refractivity contribution in [3.8, 4) is 0 Å². The van der Waals surface area contributed by atoms with Crippen LogP contribution in [0.1, 0.15) is 24.2 Å². The number of aryl methyl sites for hydroxylation is 1. The van der Waals surface area contributed by atoms with E-state index in [0.717, 1.165) is 11.8 Å². The van der Waals surface area contributed by atoms with Crippen molar-refractivity contribution in [1.82, 2.24) is 25.4 Å². The maximum absolute atomic E-state index is 13.4. The van der Waals surface area contributed by atoms with E-state index in [4.69, 9.17) is 26.8 Å². The molecule has 1 amide bonds. The number of allylic oxidation sites excluding steroid dienone is 1. The number of para-hydroxylation sites is 2. The molecular weight excluding hydrogens is 526 g/mol. The Kier molecular flexibility index (Phi) is 6.99. The first kappa shape index (κ1) is 25.2. The number of halogens is 1. The fourth-order valence-corrected chi connectivity index (χ4v) is 4.75.